The Balaban J connectivity index is 2.48. The van der Waals surface area contributed by atoms with Crippen LogP contribution in [0.5, 0.6) is 0 Å². The molecule has 0 aliphatic heterocycles. The van der Waals surface area contributed by atoms with E-state index in [9.17, 15) is 14.0 Å². The minimum absolute atomic E-state index is 0.151. The van der Waals surface area contributed by atoms with E-state index in [4.69, 9.17) is 5.73 Å². The Morgan fingerprint density at radius 3 is 2.67 bits per heavy atom. The van der Waals surface area contributed by atoms with Crippen molar-refractivity contribution in [2.45, 2.75) is 32.1 Å². The van der Waals surface area contributed by atoms with E-state index in [-0.39, 0.29) is 11.7 Å². The first-order chi connectivity index (χ1) is 8.36. The second-order valence-electron chi connectivity index (χ2n) is 5.39. The number of hydrogen-bond acceptors (Lipinski definition) is 2. The third-order valence-corrected chi connectivity index (χ3v) is 3.77. The van der Waals surface area contributed by atoms with Crippen molar-refractivity contribution in [2.24, 2.45) is 11.7 Å². The molecule has 0 saturated heterocycles. The van der Waals surface area contributed by atoms with Gasteiger partial charge in [-0.2, -0.15) is 0 Å². The Kier molecular flexibility index (Phi) is 2.97. The lowest BCUT2D eigenvalue weighted by Gasteiger charge is -2.22. The number of halogens is 1. The van der Waals surface area contributed by atoms with Gasteiger partial charge in [-0.1, -0.05) is 6.07 Å². The van der Waals surface area contributed by atoms with Gasteiger partial charge in [-0.3, -0.25) is 4.79 Å². The molecule has 2 rings (SSSR count). The molecule has 1 unspecified atom stereocenters. The summed E-state index contributed by atoms with van der Waals surface area (Å²) in [5, 5.41) is 0. The minimum atomic E-state index is -0.908. The zero-order chi connectivity index (χ0) is 13.5. The van der Waals surface area contributed by atoms with Crippen LogP contribution in [0, 0.1) is 11.7 Å². The lowest BCUT2D eigenvalue weighted by molar-refractivity contribution is -0.122. The second-order valence-corrected chi connectivity index (χ2v) is 5.39. The van der Waals surface area contributed by atoms with Gasteiger partial charge in [-0.15, -0.1) is 0 Å². The molecule has 1 amide bonds. The first kappa shape index (κ1) is 12.7. The van der Waals surface area contributed by atoms with Gasteiger partial charge in [0.25, 0.3) is 0 Å². The van der Waals surface area contributed by atoms with Gasteiger partial charge in [0.1, 0.15) is 12.1 Å². The summed E-state index contributed by atoms with van der Waals surface area (Å²) in [6.07, 6.45) is 1.85. The highest BCUT2D eigenvalue weighted by molar-refractivity contribution is 5.85. The maximum Gasteiger partial charge on any atom is 0.227 e. The minimum Gasteiger partial charge on any atom is -0.369 e. The Labute approximate surface area is 105 Å². The van der Waals surface area contributed by atoms with Gasteiger partial charge in [0.15, 0.2) is 0 Å². The summed E-state index contributed by atoms with van der Waals surface area (Å²) in [5.74, 6) is -0.991. The van der Waals surface area contributed by atoms with E-state index >= 15 is 0 Å². The van der Waals surface area contributed by atoms with E-state index in [0.29, 0.717) is 24.0 Å². The lowest BCUT2D eigenvalue weighted by atomic mass is 9.82. The Bertz CT molecular complexity index is 523. The first-order valence-corrected chi connectivity index (χ1v) is 5.93. The van der Waals surface area contributed by atoms with Crippen LogP contribution in [0.2, 0.25) is 0 Å². The number of hydrogen-bond donors (Lipinski definition) is 1. The average molecular weight is 249 g/mol. The van der Waals surface area contributed by atoms with Gasteiger partial charge in [0.05, 0.1) is 5.41 Å². The van der Waals surface area contributed by atoms with Gasteiger partial charge in [0, 0.05) is 5.92 Å². The quantitative estimate of drug-likeness (QED) is 0.825. The van der Waals surface area contributed by atoms with E-state index in [0.717, 1.165) is 11.8 Å². The number of carbonyl (C=O) groups excluding carboxylic acids is 2. The lowest BCUT2D eigenvalue weighted by Crippen LogP contribution is -2.35. The summed E-state index contributed by atoms with van der Waals surface area (Å²) in [7, 11) is 0. The van der Waals surface area contributed by atoms with Gasteiger partial charge in [-0.05, 0) is 49.4 Å². The molecule has 1 aromatic carbocycles. The van der Waals surface area contributed by atoms with Crippen LogP contribution in [0.15, 0.2) is 12.1 Å². The molecule has 0 heterocycles. The number of benzene rings is 1. The molecule has 1 aliphatic rings. The Morgan fingerprint density at radius 2 is 2.11 bits per heavy atom. The van der Waals surface area contributed by atoms with Crippen molar-refractivity contribution < 1.29 is 14.0 Å². The number of rotatable bonds is 3. The number of aldehydes is 1. The second kappa shape index (κ2) is 4.19. The molecule has 2 N–H and O–H groups in total. The fourth-order valence-corrected chi connectivity index (χ4v) is 2.32. The first-order valence-electron chi connectivity index (χ1n) is 5.93. The van der Waals surface area contributed by atoms with Crippen LogP contribution in [0.4, 0.5) is 4.39 Å². The molecular weight excluding hydrogens is 233 g/mol. The molecular formula is C14H16FNO2. The highest BCUT2D eigenvalue weighted by Crippen LogP contribution is 2.33. The third kappa shape index (κ3) is 1.92. The molecule has 0 fully saturated rings. The molecule has 3 nitrogen and oxygen atoms in total. The van der Waals surface area contributed by atoms with Crippen LogP contribution in [-0.4, -0.2) is 12.2 Å². The molecule has 1 atom stereocenters. The van der Waals surface area contributed by atoms with Crippen molar-refractivity contribution >= 4 is 12.2 Å². The maximum absolute atomic E-state index is 14.0. The van der Waals surface area contributed by atoms with Crippen LogP contribution >= 0.6 is 0 Å². The zero-order valence-electron chi connectivity index (χ0n) is 10.5. The monoisotopic (exact) mass is 249 g/mol. The molecule has 0 saturated carbocycles. The summed E-state index contributed by atoms with van der Waals surface area (Å²) < 4.78 is 14.0. The van der Waals surface area contributed by atoms with E-state index in [1.807, 2.05) is 0 Å². The molecule has 4 heteroatoms. The summed E-state index contributed by atoms with van der Waals surface area (Å²) in [4.78, 5) is 22.2. The highest BCUT2D eigenvalue weighted by atomic mass is 19.1. The predicted octanol–water partition coefficient (Wildman–Crippen LogP) is 1.50. The molecule has 0 bridgehead atoms. The van der Waals surface area contributed by atoms with Crippen LogP contribution in [0.3, 0.4) is 0 Å². The normalized spacial score (nSPS) is 18.5. The largest absolute Gasteiger partial charge is 0.369 e. The summed E-state index contributed by atoms with van der Waals surface area (Å²) in [5.41, 5.74) is 6.40. The zero-order valence-corrected chi connectivity index (χ0v) is 10.5. The molecule has 1 aliphatic carbocycles. The fourth-order valence-electron chi connectivity index (χ4n) is 2.32. The third-order valence-electron chi connectivity index (χ3n) is 3.77. The van der Waals surface area contributed by atoms with Crippen LogP contribution in [0.1, 0.15) is 30.5 Å². The molecule has 0 aromatic heterocycles. The Morgan fingerprint density at radius 1 is 1.44 bits per heavy atom. The van der Waals surface area contributed by atoms with E-state index in [1.165, 1.54) is 6.07 Å². The van der Waals surface area contributed by atoms with Crippen molar-refractivity contribution in [3.8, 4) is 0 Å². The summed E-state index contributed by atoms with van der Waals surface area (Å²) in [6.45, 7) is 3.34. The van der Waals surface area contributed by atoms with Crippen molar-refractivity contribution in [2.75, 3.05) is 0 Å². The highest BCUT2D eigenvalue weighted by Gasteiger charge is 2.31. The van der Waals surface area contributed by atoms with Crippen molar-refractivity contribution in [3.63, 3.8) is 0 Å². The summed E-state index contributed by atoms with van der Waals surface area (Å²) in [6, 6.07) is 3.16. The number of carbonyl (C=O) groups is 2. The van der Waals surface area contributed by atoms with Crippen molar-refractivity contribution in [3.05, 3.63) is 34.6 Å². The van der Waals surface area contributed by atoms with Crippen LogP contribution in [0.25, 0.3) is 0 Å². The van der Waals surface area contributed by atoms with Gasteiger partial charge >= 0.3 is 0 Å². The smallest absolute Gasteiger partial charge is 0.227 e. The van der Waals surface area contributed by atoms with Crippen molar-refractivity contribution in [1.29, 1.82) is 0 Å². The SMILES string of the molecule is CC(C)(C(N)=O)c1cc(F)c2c(c1)CC(C=O)C2. The van der Waals surface area contributed by atoms with Crippen molar-refractivity contribution in [1.82, 2.24) is 0 Å². The average Bonchev–Trinajstić information content (AvgIpc) is 2.72. The predicted molar refractivity (Wildman–Crippen MR) is 65.6 cm³/mol. The fraction of sp³-hybridized carbons (Fsp3) is 0.429. The van der Waals surface area contributed by atoms with Gasteiger partial charge in [0.2, 0.25) is 5.91 Å². The van der Waals surface area contributed by atoms with Gasteiger partial charge < -0.3 is 10.5 Å². The van der Waals surface area contributed by atoms with Gasteiger partial charge in [-0.25, -0.2) is 4.39 Å². The van der Waals surface area contributed by atoms with Crippen LogP contribution in [-0.2, 0) is 27.8 Å². The van der Waals surface area contributed by atoms with Crippen LogP contribution < -0.4 is 5.73 Å². The molecule has 18 heavy (non-hydrogen) atoms. The topological polar surface area (TPSA) is 60.2 Å². The molecule has 0 spiro atoms. The maximum atomic E-state index is 14.0. The number of fused-ring (bicyclic) bond motifs is 1. The van der Waals surface area contributed by atoms with E-state index in [1.54, 1.807) is 19.9 Å². The molecule has 96 valence electrons. The number of nitrogens with two attached hydrogens (primary N) is 1. The summed E-state index contributed by atoms with van der Waals surface area (Å²) >= 11 is 0. The molecule has 1 aromatic rings. The standard InChI is InChI=1S/C14H16FNO2/c1-14(2,13(16)18)10-5-9-3-8(7-17)4-11(9)12(15)6-10/h5-8H,3-4H2,1-2H3,(H2,16,18). The number of primary amides is 1. The van der Waals surface area contributed by atoms with E-state index < -0.39 is 11.3 Å². The number of amides is 1. The van der Waals surface area contributed by atoms with E-state index in [2.05, 4.69) is 0 Å². The Hall–Kier alpha value is -1.71. The molecule has 0 radical (unpaired) electrons.